The molecule has 7 heteroatoms. The lowest BCUT2D eigenvalue weighted by molar-refractivity contribution is 0.264. The van der Waals surface area contributed by atoms with Gasteiger partial charge in [0.1, 0.15) is 11.0 Å². The van der Waals surface area contributed by atoms with E-state index in [-0.39, 0.29) is 5.95 Å². The molecular formula is C15H17Cl2N5. The van der Waals surface area contributed by atoms with E-state index >= 15 is 0 Å². The van der Waals surface area contributed by atoms with E-state index < -0.39 is 0 Å². The maximum Gasteiger partial charge on any atom is 0.223 e. The zero-order valence-corrected chi connectivity index (χ0v) is 13.5. The summed E-state index contributed by atoms with van der Waals surface area (Å²) in [7, 11) is 0. The second kappa shape index (κ2) is 6.69. The smallest absolute Gasteiger partial charge is 0.223 e. The molecule has 0 unspecified atom stereocenters. The molecule has 1 aromatic heterocycles. The van der Waals surface area contributed by atoms with Crippen LogP contribution >= 0.6 is 23.2 Å². The third-order valence-corrected chi connectivity index (χ3v) is 4.28. The summed E-state index contributed by atoms with van der Waals surface area (Å²) in [4.78, 5) is 10.3. The number of benzene rings is 1. The number of aromatic nitrogens is 2. The van der Waals surface area contributed by atoms with Gasteiger partial charge in [-0.3, -0.25) is 4.90 Å². The average molecular weight is 338 g/mol. The van der Waals surface area contributed by atoms with Crippen LogP contribution in [-0.2, 0) is 13.0 Å². The summed E-state index contributed by atoms with van der Waals surface area (Å²) in [5.74, 6) is 0.828. The summed E-state index contributed by atoms with van der Waals surface area (Å²) < 4.78 is 0. The molecule has 0 spiro atoms. The summed E-state index contributed by atoms with van der Waals surface area (Å²) in [5.41, 5.74) is 8.17. The Labute approximate surface area is 139 Å². The summed E-state index contributed by atoms with van der Waals surface area (Å²) in [6.45, 7) is 3.60. The third kappa shape index (κ3) is 3.61. The molecule has 0 atom stereocenters. The molecule has 1 aliphatic rings. The number of nitrogen functional groups attached to an aromatic ring is 1. The summed E-state index contributed by atoms with van der Waals surface area (Å²) >= 11 is 12.1. The zero-order valence-electron chi connectivity index (χ0n) is 12.0. The molecule has 0 amide bonds. The van der Waals surface area contributed by atoms with E-state index in [9.17, 15) is 0 Å². The van der Waals surface area contributed by atoms with Crippen LogP contribution < -0.4 is 11.1 Å². The van der Waals surface area contributed by atoms with Gasteiger partial charge in [0.2, 0.25) is 5.95 Å². The van der Waals surface area contributed by atoms with E-state index in [1.165, 1.54) is 11.1 Å². The molecule has 2 aromatic rings. The highest BCUT2D eigenvalue weighted by Crippen LogP contribution is 2.25. The van der Waals surface area contributed by atoms with Crippen LogP contribution in [0.3, 0.4) is 0 Å². The van der Waals surface area contributed by atoms with Crippen molar-refractivity contribution in [2.45, 2.75) is 13.0 Å². The predicted octanol–water partition coefficient (Wildman–Crippen LogP) is 2.84. The van der Waals surface area contributed by atoms with Gasteiger partial charge in [0.15, 0.2) is 0 Å². The Kier molecular flexibility index (Phi) is 4.66. The second-order valence-electron chi connectivity index (χ2n) is 5.26. The van der Waals surface area contributed by atoms with Crippen LogP contribution in [0.2, 0.25) is 10.2 Å². The maximum absolute atomic E-state index is 6.23. The van der Waals surface area contributed by atoms with Crippen LogP contribution in [-0.4, -0.2) is 34.5 Å². The number of nitrogens with zero attached hydrogens (tertiary/aromatic N) is 3. The number of anilines is 2. The summed E-state index contributed by atoms with van der Waals surface area (Å²) in [5, 5.41) is 4.45. The first-order valence-corrected chi connectivity index (χ1v) is 7.90. The molecule has 3 N–H and O–H groups in total. The highest BCUT2D eigenvalue weighted by atomic mass is 35.5. The van der Waals surface area contributed by atoms with Crippen molar-refractivity contribution in [3.63, 3.8) is 0 Å². The molecule has 1 aliphatic heterocycles. The number of halogens is 2. The number of hydrogen-bond acceptors (Lipinski definition) is 5. The monoisotopic (exact) mass is 337 g/mol. The van der Waals surface area contributed by atoms with E-state index in [1.807, 2.05) is 12.1 Å². The zero-order chi connectivity index (χ0) is 15.5. The number of hydrogen-bond donors (Lipinski definition) is 2. The second-order valence-corrected chi connectivity index (χ2v) is 6.06. The minimum Gasteiger partial charge on any atom is -0.369 e. The normalized spacial score (nSPS) is 14.6. The molecule has 0 bridgehead atoms. The first-order chi connectivity index (χ1) is 10.6. The van der Waals surface area contributed by atoms with Gasteiger partial charge in [0.05, 0.1) is 0 Å². The number of rotatable bonds is 4. The lowest BCUT2D eigenvalue weighted by Crippen LogP contribution is -2.34. The molecule has 22 heavy (non-hydrogen) atoms. The van der Waals surface area contributed by atoms with Gasteiger partial charge < -0.3 is 11.1 Å². The Bertz CT molecular complexity index is 657. The molecule has 0 fully saturated rings. The van der Waals surface area contributed by atoms with Gasteiger partial charge in [0.25, 0.3) is 0 Å². The van der Waals surface area contributed by atoms with Crippen molar-refractivity contribution in [3.05, 3.63) is 45.6 Å². The maximum atomic E-state index is 6.23. The number of nitrogens with one attached hydrogen (secondary N) is 1. The molecule has 116 valence electrons. The van der Waals surface area contributed by atoms with Crippen LogP contribution in [0, 0.1) is 0 Å². The number of fused-ring (bicyclic) bond motifs is 1. The number of nitrogens with two attached hydrogens (primary N) is 1. The highest BCUT2D eigenvalue weighted by molar-refractivity contribution is 6.31. The minimum atomic E-state index is 0.177. The van der Waals surface area contributed by atoms with Crippen molar-refractivity contribution in [2.24, 2.45) is 0 Å². The largest absolute Gasteiger partial charge is 0.369 e. The van der Waals surface area contributed by atoms with Gasteiger partial charge in [0, 0.05) is 37.3 Å². The van der Waals surface area contributed by atoms with Gasteiger partial charge >= 0.3 is 0 Å². The molecule has 3 rings (SSSR count). The Hall–Kier alpha value is -1.56. The van der Waals surface area contributed by atoms with Gasteiger partial charge in [-0.15, -0.1) is 0 Å². The molecule has 2 heterocycles. The van der Waals surface area contributed by atoms with Crippen molar-refractivity contribution < 1.29 is 0 Å². The lowest BCUT2D eigenvalue weighted by atomic mass is 10.00. The third-order valence-electron chi connectivity index (χ3n) is 3.73. The molecule has 0 radical (unpaired) electrons. The van der Waals surface area contributed by atoms with Gasteiger partial charge in [-0.1, -0.05) is 35.3 Å². The quantitative estimate of drug-likeness (QED) is 0.839. The highest BCUT2D eigenvalue weighted by Gasteiger charge is 2.17. The van der Waals surface area contributed by atoms with E-state index in [2.05, 4.69) is 26.3 Å². The van der Waals surface area contributed by atoms with Crippen molar-refractivity contribution in [1.82, 2.24) is 14.9 Å². The Morgan fingerprint density at radius 3 is 2.95 bits per heavy atom. The fourth-order valence-corrected chi connectivity index (χ4v) is 3.16. The van der Waals surface area contributed by atoms with E-state index in [0.29, 0.717) is 11.0 Å². The van der Waals surface area contributed by atoms with Crippen molar-refractivity contribution in [2.75, 3.05) is 30.7 Å². The van der Waals surface area contributed by atoms with Crippen LogP contribution in [0.15, 0.2) is 24.3 Å². The molecule has 0 aliphatic carbocycles. The first-order valence-electron chi connectivity index (χ1n) is 7.14. The Balaban J connectivity index is 1.55. The fourth-order valence-electron chi connectivity index (χ4n) is 2.68. The van der Waals surface area contributed by atoms with Crippen LogP contribution in [0.5, 0.6) is 0 Å². The summed E-state index contributed by atoms with van der Waals surface area (Å²) in [6.07, 6.45) is 0.987. The molecule has 0 saturated heterocycles. The Morgan fingerprint density at radius 2 is 2.14 bits per heavy atom. The van der Waals surface area contributed by atoms with E-state index in [1.54, 1.807) is 6.07 Å². The van der Waals surface area contributed by atoms with Gasteiger partial charge in [-0.2, -0.15) is 4.98 Å². The lowest BCUT2D eigenvalue weighted by Gasteiger charge is -2.29. The van der Waals surface area contributed by atoms with Crippen molar-refractivity contribution >= 4 is 35.0 Å². The molecule has 5 nitrogen and oxygen atoms in total. The van der Waals surface area contributed by atoms with Crippen LogP contribution in [0.4, 0.5) is 11.8 Å². The van der Waals surface area contributed by atoms with Gasteiger partial charge in [-0.05, 0) is 23.6 Å². The van der Waals surface area contributed by atoms with Crippen LogP contribution in [0.25, 0.3) is 0 Å². The molecule has 1 aromatic carbocycles. The van der Waals surface area contributed by atoms with Crippen LogP contribution in [0.1, 0.15) is 11.1 Å². The van der Waals surface area contributed by atoms with Gasteiger partial charge in [-0.25, -0.2) is 4.98 Å². The first kappa shape index (κ1) is 15.3. The van der Waals surface area contributed by atoms with E-state index in [4.69, 9.17) is 28.9 Å². The van der Waals surface area contributed by atoms with E-state index in [0.717, 1.165) is 37.6 Å². The average Bonchev–Trinajstić information content (AvgIpc) is 2.46. The predicted molar refractivity (Wildman–Crippen MR) is 90.4 cm³/mol. The SMILES string of the molecule is Nc1nc(Cl)cc(NCCN2CCc3c(Cl)cccc3C2)n1. The molecule has 0 saturated carbocycles. The topological polar surface area (TPSA) is 67.1 Å². The minimum absolute atomic E-state index is 0.177. The van der Waals surface area contributed by atoms with Crippen molar-refractivity contribution in [1.29, 1.82) is 0 Å². The Morgan fingerprint density at radius 1 is 1.27 bits per heavy atom. The molecular weight excluding hydrogens is 321 g/mol. The standard InChI is InChI=1S/C15H17Cl2N5/c16-12-3-1-2-10-9-22(6-4-11(10)12)7-5-19-14-8-13(17)20-15(18)21-14/h1-3,8H,4-7,9H2,(H3,18,19,20,21). The summed E-state index contributed by atoms with van der Waals surface area (Å²) in [6, 6.07) is 7.78. The fraction of sp³-hybridized carbons (Fsp3) is 0.333. The van der Waals surface area contributed by atoms with Crippen molar-refractivity contribution in [3.8, 4) is 0 Å².